The van der Waals surface area contributed by atoms with Crippen molar-refractivity contribution in [3.05, 3.63) is 107 Å². The van der Waals surface area contributed by atoms with Crippen LogP contribution in [0.5, 0.6) is 0 Å². The van der Waals surface area contributed by atoms with Crippen molar-refractivity contribution in [2.24, 2.45) is 0 Å². The number of carbonyl (C=O) groups is 3. The van der Waals surface area contributed by atoms with E-state index in [9.17, 15) is 27.4 Å². The molecule has 3 N–H and O–H groups in total. The highest BCUT2D eigenvalue weighted by atomic mass is 32.2. The summed E-state index contributed by atoms with van der Waals surface area (Å²) in [6.45, 7) is 2.52. The molecule has 0 saturated heterocycles. The SMILES string of the molecule is CC(=O)Nc1ccc(-c2cnc3c(c2)c(C(=O)c2c(F)ccc(NS(=O)c4cc(F)ccc4F)c2F)cn3C(C)=O)cc1C=N. The number of fused-ring (bicyclic) bond motifs is 1. The molecule has 0 spiro atoms. The number of hydrogen-bond acceptors (Lipinski definition) is 6. The second kappa shape index (κ2) is 12.2. The molecule has 14 heteroatoms. The fourth-order valence-corrected chi connectivity index (χ4v) is 5.53. The molecule has 1 amide bonds. The van der Waals surface area contributed by atoms with Gasteiger partial charge >= 0.3 is 0 Å². The highest BCUT2D eigenvalue weighted by molar-refractivity contribution is 7.86. The number of pyridine rings is 1. The Morgan fingerprint density at radius 3 is 2.31 bits per heavy atom. The summed E-state index contributed by atoms with van der Waals surface area (Å²) in [7, 11) is -2.53. The minimum atomic E-state index is -2.53. The van der Waals surface area contributed by atoms with E-state index < -0.39 is 62.1 Å². The number of ketones is 1. The van der Waals surface area contributed by atoms with Gasteiger partial charge in [-0.15, -0.1) is 0 Å². The molecule has 1 atom stereocenters. The number of nitrogens with one attached hydrogen (secondary N) is 3. The summed E-state index contributed by atoms with van der Waals surface area (Å²) >= 11 is 0. The molecule has 0 bridgehead atoms. The van der Waals surface area contributed by atoms with Crippen molar-refractivity contribution in [1.29, 1.82) is 5.41 Å². The molecule has 0 aliphatic carbocycles. The first-order valence-corrected chi connectivity index (χ1v) is 14.1. The molecular formula is C31H21F4N5O4S. The maximum Gasteiger partial charge on any atom is 0.229 e. The van der Waals surface area contributed by atoms with Gasteiger partial charge in [-0.05, 0) is 54.1 Å². The van der Waals surface area contributed by atoms with Crippen LogP contribution in [0.2, 0.25) is 0 Å². The molecule has 9 nitrogen and oxygen atoms in total. The van der Waals surface area contributed by atoms with Gasteiger partial charge in [-0.25, -0.2) is 26.8 Å². The van der Waals surface area contributed by atoms with E-state index in [1.807, 2.05) is 0 Å². The van der Waals surface area contributed by atoms with E-state index in [1.165, 1.54) is 26.1 Å². The highest BCUT2D eigenvalue weighted by Gasteiger charge is 2.27. The number of halogens is 4. The van der Waals surface area contributed by atoms with E-state index >= 15 is 8.78 Å². The third kappa shape index (κ3) is 5.99. The molecule has 45 heavy (non-hydrogen) atoms. The lowest BCUT2D eigenvalue weighted by atomic mass is 9.99. The fraction of sp³-hybridized carbons (Fsp3) is 0.0645. The van der Waals surface area contributed by atoms with Crippen LogP contribution in [0.4, 0.5) is 28.9 Å². The molecule has 0 aliphatic rings. The maximum absolute atomic E-state index is 15.7. The van der Waals surface area contributed by atoms with Gasteiger partial charge in [-0.3, -0.25) is 23.7 Å². The molecule has 2 aromatic heterocycles. The second-order valence-electron chi connectivity index (χ2n) is 9.71. The van der Waals surface area contributed by atoms with Gasteiger partial charge in [0.25, 0.3) is 0 Å². The van der Waals surface area contributed by atoms with Crippen LogP contribution in [0.3, 0.4) is 0 Å². The topological polar surface area (TPSA) is 134 Å². The van der Waals surface area contributed by atoms with E-state index in [1.54, 1.807) is 18.2 Å². The standard InChI is InChI=1S/C31H21F4N5O4S/c1-15(41)38-25-7-3-17(9-18(25)12-36)19-10-21-22(14-40(16(2)42)31(21)37-13-19)30(43)28-24(34)6-8-26(29(28)35)39-45(44)27-11-20(32)4-5-23(27)33/h3-14,36,39H,1-2H3,(H,38,41). The molecule has 0 aliphatic heterocycles. The molecular weight excluding hydrogens is 614 g/mol. The zero-order valence-electron chi connectivity index (χ0n) is 23.4. The van der Waals surface area contributed by atoms with Gasteiger partial charge < -0.3 is 10.7 Å². The Hall–Kier alpha value is -5.50. The number of carbonyl (C=O) groups excluding carboxylic acids is 3. The molecule has 2 heterocycles. The van der Waals surface area contributed by atoms with Gasteiger partial charge in [-0.1, -0.05) is 6.07 Å². The summed E-state index contributed by atoms with van der Waals surface area (Å²) in [5.74, 6) is -6.74. The van der Waals surface area contributed by atoms with Gasteiger partial charge in [0.15, 0.2) is 16.8 Å². The third-order valence-electron chi connectivity index (χ3n) is 6.69. The van der Waals surface area contributed by atoms with Gasteiger partial charge in [0.2, 0.25) is 17.6 Å². The largest absolute Gasteiger partial charge is 0.326 e. The van der Waals surface area contributed by atoms with Crippen LogP contribution in [0.25, 0.3) is 22.2 Å². The van der Waals surface area contributed by atoms with E-state index in [0.717, 1.165) is 41.2 Å². The zero-order chi connectivity index (χ0) is 32.6. The summed E-state index contributed by atoms with van der Waals surface area (Å²) in [6, 6.07) is 10.0. The van der Waals surface area contributed by atoms with E-state index in [-0.39, 0.29) is 22.5 Å². The smallest absolute Gasteiger partial charge is 0.229 e. The van der Waals surface area contributed by atoms with Crippen molar-refractivity contribution < 1.29 is 36.2 Å². The number of nitrogens with zero attached hydrogens (tertiary/aromatic N) is 2. The lowest BCUT2D eigenvalue weighted by Gasteiger charge is -2.11. The summed E-state index contributed by atoms with van der Waals surface area (Å²) in [5.41, 5.74) is -0.275. The van der Waals surface area contributed by atoms with Crippen molar-refractivity contribution in [3.63, 3.8) is 0 Å². The molecule has 5 aromatic rings. The molecule has 0 radical (unpaired) electrons. The summed E-state index contributed by atoms with van der Waals surface area (Å²) in [6.07, 6.45) is 3.53. The molecule has 0 saturated carbocycles. The summed E-state index contributed by atoms with van der Waals surface area (Å²) in [5, 5.41) is 10.4. The van der Waals surface area contributed by atoms with E-state index in [2.05, 4.69) is 15.0 Å². The number of aromatic nitrogens is 2. The predicted octanol–water partition coefficient (Wildman–Crippen LogP) is 6.24. The quantitative estimate of drug-likeness (QED) is 0.105. The van der Waals surface area contributed by atoms with Crippen LogP contribution in [-0.4, -0.2) is 37.6 Å². The van der Waals surface area contributed by atoms with E-state index in [4.69, 9.17) is 5.41 Å². The Kier molecular flexibility index (Phi) is 8.42. The second-order valence-corrected chi connectivity index (χ2v) is 10.9. The molecule has 1 unspecified atom stereocenters. The fourth-order valence-electron chi connectivity index (χ4n) is 4.60. The average Bonchev–Trinajstić information content (AvgIpc) is 3.39. The monoisotopic (exact) mass is 635 g/mol. The van der Waals surface area contributed by atoms with Gasteiger partial charge in [0.1, 0.15) is 23.1 Å². The van der Waals surface area contributed by atoms with Crippen LogP contribution in [0, 0.1) is 28.7 Å². The number of hydrogen-bond donors (Lipinski definition) is 3. The lowest BCUT2D eigenvalue weighted by molar-refractivity contribution is -0.114. The molecule has 0 fully saturated rings. The minimum absolute atomic E-state index is 0.0227. The van der Waals surface area contributed by atoms with Crippen molar-refractivity contribution >= 4 is 57.2 Å². The Labute approximate surface area is 255 Å². The Bertz CT molecular complexity index is 2100. The minimum Gasteiger partial charge on any atom is -0.326 e. The molecule has 5 rings (SSSR count). The van der Waals surface area contributed by atoms with Crippen LogP contribution in [-0.2, 0) is 15.8 Å². The third-order valence-corrected chi connectivity index (χ3v) is 7.81. The van der Waals surface area contributed by atoms with Crippen LogP contribution in [0.1, 0.15) is 40.1 Å². The number of benzene rings is 3. The van der Waals surface area contributed by atoms with Gasteiger partial charge in [0, 0.05) is 54.7 Å². The first kappa shape index (κ1) is 30.9. The number of anilines is 2. The first-order valence-electron chi connectivity index (χ1n) is 13.0. The predicted molar refractivity (Wildman–Crippen MR) is 160 cm³/mol. The van der Waals surface area contributed by atoms with E-state index in [0.29, 0.717) is 28.4 Å². The van der Waals surface area contributed by atoms with Gasteiger partial charge in [-0.2, -0.15) is 0 Å². The van der Waals surface area contributed by atoms with Gasteiger partial charge in [0.05, 0.1) is 21.7 Å². The maximum atomic E-state index is 15.7. The number of amides is 1. The average molecular weight is 636 g/mol. The normalized spacial score (nSPS) is 11.7. The Morgan fingerprint density at radius 2 is 1.62 bits per heavy atom. The highest BCUT2D eigenvalue weighted by Crippen LogP contribution is 2.32. The van der Waals surface area contributed by atoms with Crippen molar-refractivity contribution in [3.8, 4) is 11.1 Å². The Morgan fingerprint density at radius 1 is 0.911 bits per heavy atom. The summed E-state index contributed by atoms with van der Waals surface area (Å²) < 4.78 is 74.3. The zero-order valence-corrected chi connectivity index (χ0v) is 24.2. The van der Waals surface area contributed by atoms with Crippen molar-refractivity contribution in [2.45, 2.75) is 18.7 Å². The lowest BCUT2D eigenvalue weighted by Crippen LogP contribution is -2.13. The van der Waals surface area contributed by atoms with Crippen LogP contribution < -0.4 is 10.0 Å². The number of rotatable bonds is 8. The molecule has 228 valence electrons. The van der Waals surface area contributed by atoms with Crippen molar-refractivity contribution in [2.75, 3.05) is 10.0 Å². The Balaban J connectivity index is 1.60. The molecule has 3 aromatic carbocycles. The van der Waals surface area contributed by atoms with Crippen LogP contribution in [0.15, 0.2) is 71.9 Å². The van der Waals surface area contributed by atoms with Crippen molar-refractivity contribution in [1.82, 2.24) is 9.55 Å². The summed E-state index contributed by atoms with van der Waals surface area (Å²) in [4.78, 5) is 41.3. The first-order chi connectivity index (χ1) is 21.4. The van der Waals surface area contributed by atoms with Crippen LogP contribution >= 0.6 is 0 Å².